The molecule has 3 nitrogen and oxygen atoms in total. The largest absolute Gasteiger partial charge is 0.451 e. The molecule has 0 N–H and O–H groups in total. The average Bonchev–Trinajstić information content (AvgIpc) is 2.49. The number of rotatable bonds is 2. The van der Waals surface area contributed by atoms with Crippen molar-refractivity contribution in [3.05, 3.63) is 58.2 Å². The van der Waals surface area contributed by atoms with Crippen molar-refractivity contribution in [3.8, 4) is 0 Å². The number of benzene rings is 1. The van der Waals surface area contributed by atoms with E-state index < -0.39 is 12.0 Å². The minimum absolute atomic E-state index is 0.518. The molecule has 2 heterocycles. The maximum absolute atomic E-state index is 12.7. The van der Waals surface area contributed by atoms with Crippen LogP contribution in [0.2, 0.25) is 0 Å². The highest BCUT2D eigenvalue weighted by Crippen LogP contribution is 2.28. The molecule has 0 atom stereocenters. The number of aryl methyl sites for hydroxylation is 2. The van der Waals surface area contributed by atoms with Gasteiger partial charge in [-0.2, -0.15) is 13.2 Å². The third kappa shape index (κ3) is 3.52. The minimum Gasteiger partial charge on any atom is -0.294 e. The fourth-order valence-corrected chi connectivity index (χ4v) is 2.86. The lowest BCUT2D eigenvalue weighted by Gasteiger charge is -2.28. The van der Waals surface area contributed by atoms with Crippen molar-refractivity contribution >= 4 is 0 Å². The van der Waals surface area contributed by atoms with Crippen LogP contribution in [-0.2, 0) is 25.7 Å². The lowest BCUT2D eigenvalue weighted by atomic mass is 10.0. The van der Waals surface area contributed by atoms with E-state index in [0.717, 1.165) is 12.1 Å². The molecular formula is C17H18F3N3. The Labute approximate surface area is 133 Å². The van der Waals surface area contributed by atoms with E-state index in [2.05, 4.69) is 46.9 Å². The molecule has 0 bridgehead atoms. The zero-order chi connectivity index (χ0) is 16.6. The Hall–Kier alpha value is -1.95. The highest BCUT2D eigenvalue weighted by Gasteiger charge is 2.35. The first-order valence-electron chi connectivity index (χ1n) is 7.53. The van der Waals surface area contributed by atoms with Gasteiger partial charge in [-0.25, -0.2) is 9.97 Å². The maximum Gasteiger partial charge on any atom is 0.451 e. The van der Waals surface area contributed by atoms with E-state index >= 15 is 0 Å². The quantitative estimate of drug-likeness (QED) is 0.845. The second-order valence-corrected chi connectivity index (χ2v) is 6.05. The number of nitrogens with zero attached hydrogens (tertiary/aromatic N) is 3. The number of hydrogen-bond acceptors (Lipinski definition) is 3. The van der Waals surface area contributed by atoms with Gasteiger partial charge in [0.15, 0.2) is 0 Å². The molecule has 1 aliphatic heterocycles. The van der Waals surface area contributed by atoms with E-state index in [1.165, 1.54) is 22.9 Å². The van der Waals surface area contributed by atoms with Crippen molar-refractivity contribution in [1.29, 1.82) is 0 Å². The van der Waals surface area contributed by atoms with Crippen molar-refractivity contribution in [2.75, 3.05) is 6.54 Å². The molecule has 1 aromatic heterocycles. The molecule has 6 heteroatoms. The molecule has 0 radical (unpaired) electrons. The van der Waals surface area contributed by atoms with Crippen LogP contribution in [0.5, 0.6) is 0 Å². The molecule has 122 valence electrons. The average molecular weight is 321 g/mol. The SMILES string of the molecule is Cc1ccc(C)c(CN2CCc3nc(C(F)(F)F)ncc3C2)c1. The van der Waals surface area contributed by atoms with Crippen LogP contribution in [0.25, 0.3) is 0 Å². The van der Waals surface area contributed by atoms with Crippen LogP contribution in [-0.4, -0.2) is 21.4 Å². The molecule has 2 aromatic rings. The highest BCUT2D eigenvalue weighted by molar-refractivity contribution is 5.31. The standard InChI is InChI=1S/C17H18F3N3/c1-11-3-4-12(2)13(7-11)9-23-6-5-15-14(10-23)8-21-16(22-15)17(18,19)20/h3-4,7-8H,5-6,9-10H2,1-2H3. The van der Waals surface area contributed by atoms with Gasteiger partial charge >= 0.3 is 6.18 Å². The molecule has 0 spiro atoms. The topological polar surface area (TPSA) is 29.0 Å². The van der Waals surface area contributed by atoms with Crippen LogP contribution in [0.1, 0.15) is 33.8 Å². The van der Waals surface area contributed by atoms with Gasteiger partial charge in [0.2, 0.25) is 5.82 Å². The zero-order valence-corrected chi connectivity index (χ0v) is 13.1. The Balaban J connectivity index is 1.77. The second-order valence-electron chi connectivity index (χ2n) is 6.05. The van der Waals surface area contributed by atoms with E-state index in [0.29, 0.717) is 25.2 Å². The van der Waals surface area contributed by atoms with E-state index in [4.69, 9.17) is 0 Å². The molecule has 0 aliphatic carbocycles. The normalized spacial score (nSPS) is 15.5. The van der Waals surface area contributed by atoms with Gasteiger partial charge in [-0.15, -0.1) is 0 Å². The van der Waals surface area contributed by atoms with Crippen LogP contribution in [0.15, 0.2) is 24.4 Å². The summed E-state index contributed by atoms with van der Waals surface area (Å²) in [5.74, 6) is -1.04. The first kappa shape index (κ1) is 15.9. The van der Waals surface area contributed by atoms with Gasteiger partial charge in [-0.1, -0.05) is 23.8 Å². The molecule has 0 saturated heterocycles. The van der Waals surface area contributed by atoms with Crippen LogP contribution in [0.4, 0.5) is 13.2 Å². The monoisotopic (exact) mass is 321 g/mol. The number of aromatic nitrogens is 2. The third-order valence-corrected chi connectivity index (χ3v) is 4.17. The van der Waals surface area contributed by atoms with Gasteiger partial charge in [0.1, 0.15) is 0 Å². The number of alkyl halides is 3. The molecule has 0 saturated carbocycles. The van der Waals surface area contributed by atoms with E-state index in [9.17, 15) is 13.2 Å². The van der Waals surface area contributed by atoms with Gasteiger partial charge in [0, 0.05) is 37.8 Å². The lowest BCUT2D eigenvalue weighted by molar-refractivity contribution is -0.145. The van der Waals surface area contributed by atoms with Gasteiger partial charge in [-0.3, -0.25) is 4.90 Å². The summed E-state index contributed by atoms with van der Waals surface area (Å²) in [5.41, 5.74) is 4.99. The Morgan fingerprint density at radius 1 is 1.22 bits per heavy atom. The van der Waals surface area contributed by atoms with Crippen LogP contribution in [0.3, 0.4) is 0 Å². The number of fused-ring (bicyclic) bond motifs is 1. The summed E-state index contributed by atoms with van der Waals surface area (Å²) in [4.78, 5) is 9.39. The summed E-state index contributed by atoms with van der Waals surface area (Å²) in [6.07, 6.45) is -2.64. The molecule has 3 rings (SSSR count). The summed E-state index contributed by atoms with van der Waals surface area (Å²) in [6.45, 7) is 6.20. The molecule has 1 aliphatic rings. The molecular weight excluding hydrogens is 303 g/mol. The smallest absolute Gasteiger partial charge is 0.294 e. The third-order valence-electron chi connectivity index (χ3n) is 4.17. The highest BCUT2D eigenvalue weighted by atomic mass is 19.4. The Morgan fingerprint density at radius 3 is 2.74 bits per heavy atom. The predicted molar refractivity (Wildman–Crippen MR) is 80.8 cm³/mol. The fourth-order valence-electron chi connectivity index (χ4n) is 2.86. The Morgan fingerprint density at radius 2 is 2.00 bits per heavy atom. The molecule has 0 amide bonds. The van der Waals surface area contributed by atoms with E-state index in [-0.39, 0.29) is 0 Å². The predicted octanol–water partition coefficient (Wildman–Crippen LogP) is 3.67. The van der Waals surface area contributed by atoms with Crippen LogP contribution < -0.4 is 0 Å². The van der Waals surface area contributed by atoms with Crippen molar-refractivity contribution < 1.29 is 13.2 Å². The zero-order valence-electron chi connectivity index (χ0n) is 13.1. The minimum atomic E-state index is -4.48. The van der Waals surface area contributed by atoms with Gasteiger partial charge in [0.05, 0.1) is 5.69 Å². The first-order valence-corrected chi connectivity index (χ1v) is 7.53. The Kier molecular flexibility index (Phi) is 4.10. The fraction of sp³-hybridized carbons (Fsp3) is 0.412. The van der Waals surface area contributed by atoms with Gasteiger partial charge in [-0.05, 0) is 25.0 Å². The van der Waals surface area contributed by atoms with Crippen molar-refractivity contribution in [3.63, 3.8) is 0 Å². The van der Waals surface area contributed by atoms with Gasteiger partial charge in [0.25, 0.3) is 0 Å². The summed E-state index contributed by atoms with van der Waals surface area (Å²) in [6, 6.07) is 6.34. The summed E-state index contributed by atoms with van der Waals surface area (Å²) in [7, 11) is 0. The first-order chi connectivity index (χ1) is 10.8. The molecule has 23 heavy (non-hydrogen) atoms. The molecule has 0 fully saturated rings. The number of hydrogen-bond donors (Lipinski definition) is 0. The van der Waals surface area contributed by atoms with Crippen molar-refractivity contribution in [2.24, 2.45) is 0 Å². The van der Waals surface area contributed by atoms with Crippen LogP contribution in [0, 0.1) is 13.8 Å². The lowest BCUT2D eigenvalue weighted by Crippen LogP contribution is -2.31. The molecule has 1 aromatic carbocycles. The van der Waals surface area contributed by atoms with E-state index in [1.807, 2.05) is 0 Å². The molecule has 0 unspecified atom stereocenters. The maximum atomic E-state index is 12.7. The summed E-state index contributed by atoms with van der Waals surface area (Å²) >= 11 is 0. The van der Waals surface area contributed by atoms with E-state index in [1.54, 1.807) is 0 Å². The summed E-state index contributed by atoms with van der Waals surface area (Å²) in [5, 5.41) is 0. The van der Waals surface area contributed by atoms with Crippen molar-refractivity contribution in [1.82, 2.24) is 14.9 Å². The van der Waals surface area contributed by atoms with Gasteiger partial charge < -0.3 is 0 Å². The van der Waals surface area contributed by atoms with Crippen molar-refractivity contribution in [2.45, 2.75) is 39.5 Å². The second kappa shape index (κ2) is 5.92. The number of halogens is 3. The summed E-state index contributed by atoms with van der Waals surface area (Å²) < 4.78 is 38.0. The van der Waals surface area contributed by atoms with Crippen LogP contribution >= 0.6 is 0 Å². The Bertz CT molecular complexity index is 726.